The topological polar surface area (TPSA) is 67.2 Å². The number of benzene rings is 1. The van der Waals surface area contributed by atoms with E-state index in [1.165, 1.54) is 11.8 Å². The minimum atomic E-state index is -3.50. The van der Waals surface area contributed by atoms with Crippen LogP contribution in [0.2, 0.25) is 0 Å². The van der Waals surface area contributed by atoms with Crippen molar-refractivity contribution in [3.63, 3.8) is 0 Å². The SMILES string of the molecule is CCn1cc(S(=O)(=O)NC2CCCN(CCCc3ccccc3)C2)cn1. The van der Waals surface area contributed by atoms with Gasteiger partial charge in [0.05, 0.1) is 6.20 Å². The standard InChI is InChI=1S/C19H28N4O2S/c1-2-23-16-19(14-20-23)26(24,25)21-18-11-7-13-22(15-18)12-6-10-17-8-4-3-5-9-17/h3-5,8-9,14,16,18,21H,2,6-7,10-13,15H2,1H3. The summed E-state index contributed by atoms with van der Waals surface area (Å²) in [6, 6.07) is 10.5. The van der Waals surface area contributed by atoms with Crippen LogP contribution >= 0.6 is 0 Å². The van der Waals surface area contributed by atoms with E-state index >= 15 is 0 Å². The monoisotopic (exact) mass is 376 g/mol. The van der Waals surface area contributed by atoms with Crippen molar-refractivity contribution in [2.24, 2.45) is 0 Å². The van der Waals surface area contributed by atoms with Crippen LogP contribution in [0.3, 0.4) is 0 Å². The summed E-state index contributed by atoms with van der Waals surface area (Å²) in [5, 5.41) is 4.07. The van der Waals surface area contributed by atoms with E-state index in [-0.39, 0.29) is 10.9 Å². The molecule has 1 fully saturated rings. The van der Waals surface area contributed by atoms with Crippen molar-refractivity contribution >= 4 is 10.0 Å². The van der Waals surface area contributed by atoms with Crippen molar-refractivity contribution in [1.29, 1.82) is 0 Å². The highest BCUT2D eigenvalue weighted by molar-refractivity contribution is 7.89. The van der Waals surface area contributed by atoms with Gasteiger partial charge in [0, 0.05) is 25.3 Å². The predicted octanol–water partition coefficient (Wildman–Crippen LogP) is 2.28. The Balaban J connectivity index is 1.50. The number of hydrogen-bond donors (Lipinski definition) is 1. The van der Waals surface area contributed by atoms with Crippen molar-refractivity contribution in [3.05, 3.63) is 48.3 Å². The van der Waals surface area contributed by atoms with E-state index in [1.54, 1.807) is 10.9 Å². The predicted molar refractivity (Wildman–Crippen MR) is 102 cm³/mol. The number of rotatable bonds is 8. The van der Waals surface area contributed by atoms with Crippen LogP contribution in [0.1, 0.15) is 31.7 Å². The molecule has 2 heterocycles. The van der Waals surface area contributed by atoms with E-state index in [9.17, 15) is 8.42 Å². The number of aromatic nitrogens is 2. The normalized spacial score (nSPS) is 18.9. The van der Waals surface area contributed by atoms with Crippen LogP contribution in [0.4, 0.5) is 0 Å². The lowest BCUT2D eigenvalue weighted by Gasteiger charge is -2.32. The fraction of sp³-hybridized carbons (Fsp3) is 0.526. The summed E-state index contributed by atoms with van der Waals surface area (Å²) in [4.78, 5) is 2.62. The molecule has 0 radical (unpaired) electrons. The second kappa shape index (κ2) is 8.79. The zero-order valence-electron chi connectivity index (χ0n) is 15.3. The van der Waals surface area contributed by atoms with Gasteiger partial charge in [0.2, 0.25) is 10.0 Å². The average Bonchev–Trinajstić information content (AvgIpc) is 3.13. The van der Waals surface area contributed by atoms with Gasteiger partial charge in [-0.15, -0.1) is 0 Å². The number of nitrogens with zero attached hydrogens (tertiary/aromatic N) is 3. The Hall–Kier alpha value is -1.70. The molecular formula is C19H28N4O2S. The lowest BCUT2D eigenvalue weighted by atomic mass is 10.1. The molecule has 1 aliphatic heterocycles. The Morgan fingerprint density at radius 2 is 2.08 bits per heavy atom. The number of piperidine rings is 1. The van der Waals surface area contributed by atoms with E-state index in [1.807, 2.05) is 13.0 Å². The zero-order chi connectivity index (χ0) is 18.4. The van der Waals surface area contributed by atoms with Crippen LogP contribution < -0.4 is 4.72 Å². The summed E-state index contributed by atoms with van der Waals surface area (Å²) in [5.41, 5.74) is 1.36. The largest absolute Gasteiger partial charge is 0.302 e. The van der Waals surface area contributed by atoms with Crippen LogP contribution in [0.15, 0.2) is 47.6 Å². The molecule has 1 aliphatic rings. The van der Waals surface area contributed by atoms with Gasteiger partial charge in [0.25, 0.3) is 0 Å². The first-order valence-corrected chi connectivity index (χ1v) is 10.9. The second-order valence-electron chi connectivity index (χ2n) is 6.88. The Morgan fingerprint density at radius 3 is 2.81 bits per heavy atom. The fourth-order valence-electron chi connectivity index (χ4n) is 3.45. The lowest BCUT2D eigenvalue weighted by Crippen LogP contribution is -2.47. The summed E-state index contributed by atoms with van der Waals surface area (Å²) in [5.74, 6) is 0. The van der Waals surface area contributed by atoms with Gasteiger partial charge in [-0.1, -0.05) is 30.3 Å². The Kier molecular flexibility index (Phi) is 6.45. The summed E-state index contributed by atoms with van der Waals surface area (Å²) in [7, 11) is -3.50. The van der Waals surface area contributed by atoms with Crippen LogP contribution in [-0.4, -0.2) is 48.8 Å². The second-order valence-corrected chi connectivity index (χ2v) is 8.60. The van der Waals surface area contributed by atoms with E-state index < -0.39 is 10.0 Å². The first kappa shape index (κ1) is 19.1. The van der Waals surface area contributed by atoms with E-state index in [0.717, 1.165) is 45.3 Å². The highest BCUT2D eigenvalue weighted by Gasteiger charge is 2.25. The number of aryl methyl sites for hydroxylation is 2. The molecule has 1 aromatic carbocycles. The van der Waals surface area contributed by atoms with Gasteiger partial charge in [-0.05, 0) is 51.3 Å². The molecule has 1 saturated heterocycles. The summed E-state index contributed by atoms with van der Waals surface area (Å²) in [6.45, 7) is 5.41. The van der Waals surface area contributed by atoms with Gasteiger partial charge in [0.1, 0.15) is 4.90 Å². The van der Waals surface area contributed by atoms with Crippen LogP contribution in [0, 0.1) is 0 Å². The maximum Gasteiger partial charge on any atom is 0.243 e. The van der Waals surface area contributed by atoms with Gasteiger partial charge in [-0.3, -0.25) is 4.68 Å². The highest BCUT2D eigenvalue weighted by atomic mass is 32.2. The molecule has 0 saturated carbocycles. The van der Waals surface area contributed by atoms with Crippen molar-refractivity contribution in [2.75, 3.05) is 19.6 Å². The molecular weight excluding hydrogens is 348 g/mol. The average molecular weight is 377 g/mol. The summed E-state index contributed by atoms with van der Waals surface area (Å²) >= 11 is 0. The molecule has 0 aliphatic carbocycles. The maximum atomic E-state index is 12.6. The molecule has 7 heteroatoms. The molecule has 0 spiro atoms. The van der Waals surface area contributed by atoms with E-state index in [2.05, 4.69) is 39.0 Å². The molecule has 0 bridgehead atoms. The molecule has 6 nitrogen and oxygen atoms in total. The molecule has 0 amide bonds. The number of likely N-dealkylation sites (tertiary alicyclic amines) is 1. The summed E-state index contributed by atoms with van der Waals surface area (Å²) in [6.07, 6.45) is 7.06. The maximum absolute atomic E-state index is 12.6. The molecule has 1 atom stereocenters. The van der Waals surface area contributed by atoms with Crippen molar-refractivity contribution < 1.29 is 8.42 Å². The number of hydrogen-bond acceptors (Lipinski definition) is 4. The quantitative estimate of drug-likeness (QED) is 0.767. The van der Waals surface area contributed by atoms with Gasteiger partial charge in [-0.2, -0.15) is 5.10 Å². The molecule has 3 rings (SSSR count). The van der Waals surface area contributed by atoms with Gasteiger partial charge in [-0.25, -0.2) is 13.1 Å². The fourth-order valence-corrected chi connectivity index (χ4v) is 4.66. The molecule has 1 unspecified atom stereocenters. The highest BCUT2D eigenvalue weighted by Crippen LogP contribution is 2.15. The Bertz CT molecular complexity index is 789. The number of nitrogens with one attached hydrogen (secondary N) is 1. The van der Waals surface area contributed by atoms with Gasteiger partial charge < -0.3 is 4.90 Å². The Morgan fingerprint density at radius 1 is 1.27 bits per heavy atom. The number of sulfonamides is 1. The first-order chi connectivity index (χ1) is 12.6. The Labute approximate surface area is 156 Å². The molecule has 1 N–H and O–H groups in total. The van der Waals surface area contributed by atoms with E-state index in [4.69, 9.17) is 0 Å². The molecule has 26 heavy (non-hydrogen) atoms. The minimum Gasteiger partial charge on any atom is -0.302 e. The van der Waals surface area contributed by atoms with Crippen molar-refractivity contribution in [2.45, 2.75) is 50.1 Å². The minimum absolute atomic E-state index is 0.0320. The zero-order valence-corrected chi connectivity index (χ0v) is 16.2. The smallest absolute Gasteiger partial charge is 0.243 e. The van der Waals surface area contributed by atoms with Gasteiger partial charge in [0.15, 0.2) is 0 Å². The van der Waals surface area contributed by atoms with Gasteiger partial charge >= 0.3 is 0 Å². The third kappa shape index (κ3) is 5.16. The third-order valence-electron chi connectivity index (χ3n) is 4.85. The third-order valence-corrected chi connectivity index (χ3v) is 6.33. The molecule has 1 aromatic heterocycles. The van der Waals surface area contributed by atoms with E-state index in [0.29, 0.717) is 6.54 Å². The van der Waals surface area contributed by atoms with Crippen molar-refractivity contribution in [3.8, 4) is 0 Å². The lowest BCUT2D eigenvalue weighted by molar-refractivity contribution is 0.200. The molecule has 2 aromatic rings. The van der Waals surface area contributed by atoms with Crippen LogP contribution in [-0.2, 0) is 23.0 Å². The van der Waals surface area contributed by atoms with Crippen LogP contribution in [0.25, 0.3) is 0 Å². The van der Waals surface area contributed by atoms with Crippen LogP contribution in [0.5, 0.6) is 0 Å². The molecule has 142 valence electrons. The van der Waals surface area contributed by atoms with Crippen molar-refractivity contribution in [1.82, 2.24) is 19.4 Å². The summed E-state index contributed by atoms with van der Waals surface area (Å²) < 4.78 is 29.6. The first-order valence-electron chi connectivity index (χ1n) is 9.38.